The number of carbonyl (C=O) groups is 4. The summed E-state index contributed by atoms with van der Waals surface area (Å²) in [6.45, 7) is 8.03. The van der Waals surface area contributed by atoms with E-state index in [0.29, 0.717) is 13.1 Å². The first-order chi connectivity index (χ1) is 15.4. The molecule has 0 saturated heterocycles. The van der Waals surface area contributed by atoms with E-state index >= 15 is 0 Å². The SMILES string of the molecule is C=CCNC(=O)C1C2C=CC(C2)C1C(=O)NC(=O)C1C2C=CC(C2)C1C(=O)N(C)CC=C. The lowest BCUT2D eigenvalue weighted by molar-refractivity contribution is -0.145. The summed E-state index contributed by atoms with van der Waals surface area (Å²) in [6.07, 6.45) is 12.7. The molecular weight excluding hydrogens is 406 g/mol. The van der Waals surface area contributed by atoms with Gasteiger partial charge < -0.3 is 10.2 Å². The molecular formula is C25H31N3O4. The van der Waals surface area contributed by atoms with Gasteiger partial charge in [-0.05, 0) is 36.5 Å². The molecule has 170 valence electrons. The van der Waals surface area contributed by atoms with Crippen LogP contribution in [-0.2, 0) is 19.2 Å². The number of allylic oxidation sites excluding steroid dienone is 4. The highest BCUT2D eigenvalue weighted by molar-refractivity contribution is 6.02. The van der Waals surface area contributed by atoms with E-state index < -0.39 is 35.5 Å². The number of hydrogen-bond acceptors (Lipinski definition) is 4. The van der Waals surface area contributed by atoms with Crippen LogP contribution in [0.15, 0.2) is 49.6 Å². The third-order valence-electron chi connectivity index (χ3n) is 7.56. The van der Waals surface area contributed by atoms with Crippen molar-refractivity contribution in [2.24, 2.45) is 47.3 Å². The molecule has 0 aromatic rings. The van der Waals surface area contributed by atoms with Gasteiger partial charge in [0, 0.05) is 20.1 Å². The van der Waals surface area contributed by atoms with Crippen molar-refractivity contribution in [1.82, 2.24) is 15.5 Å². The van der Waals surface area contributed by atoms with Gasteiger partial charge in [0.2, 0.25) is 23.6 Å². The Labute approximate surface area is 188 Å². The Hall–Kier alpha value is -2.96. The van der Waals surface area contributed by atoms with Gasteiger partial charge in [0.15, 0.2) is 0 Å². The van der Waals surface area contributed by atoms with Crippen molar-refractivity contribution in [1.29, 1.82) is 0 Å². The van der Waals surface area contributed by atoms with Gasteiger partial charge in [-0.3, -0.25) is 24.5 Å². The number of carbonyl (C=O) groups excluding carboxylic acids is 4. The van der Waals surface area contributed by atoms with Gasteiger partial charge in [0.05, 0.1) is 23.7 Å². The molecule has 0 heterocycles. The van der Waals surface area contributed by atoms with Gasteiger partial charge in [-0.25, -0.2) is 0 Å². The van der Waals surface area contributed by atoms with Crippen molar-refractivity contribution < 1.29 is 19.2 Å². The molecule has 2 N–H and O–H groups in total. The predicted molar refractivity (Wildman–Crippen MR) is 120 cm³/mol. The first-order valence-corrected chi connectivity index (χ1v) is 11.3. The van der Waals surface area contributed by atoms with Gasteiger partial charge in [-0.1, -0.05) is 36.5 Å². The summed E-state index contributed by atoms with van der Waals surface area (Å²) in [7, 11) is 1.70. The topological polar surface area (TPSA) is 95.6 Å². The number of hydrogen-bond donors (Lipinski definition) is 2. The molecule has 4 aliphatic carbocycles. The van der Waals surface area contributed by atoms with Crippen molar-refractivity contribution in [3.8, 4) is 0 Å². The van der Waals surface area contributed by atoms with Crippen LogP contribution in [0.4, 0.5) is 0 Å². The minimum absolute atomic E-state index is 0.00275. The quantitative estimate of drug-likeness (QED) is 0.444. The summed E-state index contributed by atoms with van der Waals surface area (Å²) in [4.78, 5) is 53.8. The van der Waals surface area contributed by atoms with Crippen LogP contribution in [0.3, 0.4) is 0 Å². The van der Waals surface area contributed by atoms with Gasteiger partial charge in [-0.2, -0.15) is 0 Å². The van der Waals surface area contributed by atoms with Crippen molar-refractivity contribution >= 4 is 23.6 Å². The maximum atomic E-state index is 13.3. The lowest BCUT2D eigenvalue weighted by Crippen LogP contribution is -2.50. The molecule has 4 bridgehead atoms. The van der Waals surface area contributed by atoms with Crippen LogP contribution in [0.2, 0.25) is 0 Å². The van der Waals surface area contributed by atoms with E-state index in [1.807, 2.05) is 24.3 Å². The number of fused-ring (bicyclic) bond motifs is 4. The van der Waals surface area contributed by atoms with E-state index in [4.69, 9.17) is 0 Å². The third-order valence-corrected chi connectivity index (χ3v) is 7.56. The maximum Gasteiger partial charge on any atom is 0.231 e. The third kappa shape index (κ3) is 3.74. The normalized spacial score (nSPS) is 35.5. The van der Waals surface area contributed by atoms with Crippen LogP contribution in [0.25, 0.3) is 0 Å². The second kappa shape index (κ2) is 8.88. The molecule has 8 atom stereocenters. The van der Waals surface area contributed by atoms with E-state index in [0.717, 1.165) is 12.8 Å². The minimum atomic E-state index is -0.578. The van der Waals surface area contributed by atoms with Crippen molar-refractivity contribution in [3.05, 3.63) is 49.6 Å². The molecule has 4 aliphatic rings. The lowest BCUT2D eigenvalue weighted by Gasteiger charge is -2.30. The average molecular weight is 438 g/mol. The van der Waals surface area contributed by atoms with E-state index in [1.165, 1.54) is 0 Å². The summed E-state index contributed by atoms with van der Waals surface area (Å²) >= 11 is 0. The summed E-state index contributed by atoms with van der Waals surface area (Å²) in [6, 6.07) is 0. The number of nitrogens with zero attached hydrogens (tertiary/aromatic N) is 1. The number of likely N-dealkylation sites (N-methyl/N-ethyl adjacent to an activating group) is 1. The molecule has 7 heteroatoms. The number of rotatable bonds is 8. The zero-order valence-corrected chi connectivity index (χ0v) is 18.4. The van der Waals surface area contributed by atoms with Crippen LogP contribution in [0, 0.1) is 47.3 Å². The Morgan fingerprint density at radius 3 is 1.78 bits per heavy atom. The first kappa shape index (κ1) is 22.2. The van der Waals surface area contributed by atoms with Gasteiger partial charge >= 0.3 is 0 Å². The molecule has 8 unspecified atom stereocenters. The number of nitrogens with one attached hydrogen (secondary N) is 2. The second-order valence-corrected chi connectivity index (χ2v) is 9.39. The zero-order valence-electron chi connectivity index (χ0n) is 18.4. The molecule has 0 spiro atoms. The van der Waals surface area contributed by atoms with E-state index in [9.17, 15) is 19.2 Å². The fourth-order valence-electron chi connectivity index (χ4n) is 6.17. The molecule has 0 aromatic heterocycles. The Morgan fingerprint density at radius 1 is 0.812 bits per heavy atom. The van der Waals surface area contributed by atoms with Crippen molar-refractivity contribution in [2.45, 2.75) is 12.8 Å². The highest BCUT2D eigenvalue weighted by atomic mass is 16.2. The molecule has 2 saturated carbocycles. The number of imide groups is 1. The highest BCUT2D eigenvalue weighted by Gasteiger charge is 2.54. The summed E-state index contributed by atoms with van der Waals surface area (Å²) in [5.74, 6) is -3.32. The molecule has 2 fully saturated rings. The van der Waals surface area contributed by atoms with Crippen LogP contribution >= 0.6 is 0 Å². The highest BCUT2D eigenvalue weighted by Crippen LogP contribution is 2.50. The smallest absolute Gasteiger partial charge is 0.231 e. The van der Waals surface area contributed by atoms with E-state index in [2.05, 4.69) is 23.8 Å². The van der Waals surface area contributed by atoms with Gasteiger partial charge in [-0.15, -0.1) is 13.2 Å². The van der Waals surface area contributed by atoms with Crippen molar-refractivity contribution in [2.75, 3.05) is 20.1 Å². The first-order valence-electron chi connectivity index (χ1n) is 11.3. The summed E-state index contributed by atoms with van der Waals surface area (Å²) in [5, 5.41) is 5.39. The average Bonchev–Trinajstić information content (AvgIpc) is 3.56. The summed E-state index contributed by atoms with van der Waals surface area (Å²) < 4.78 is 0. The molecule has 4 amide bonds. The molecule has 32 heavy (non-hydrogen) atoms. The van der Waals surface area contributed by atoms with E-state index in [1.54, 1.807) is 24.1 Å². The molecule has 7 nitrogen and oxygen atoms in total. The zero-order chi connectivity index (χ0) is 23.0. The Kier molecular flexibility index (Phi) is 6.17. The molecule has 4 rings (SSSR count). The molecule has 0 radical (unpaired) electrons. The Morgan fingerprint density at radius 2 is 1.28 bits per heavy atom. The van der Waals surface area contributed by atoms with Crippen LogP contribution in [0.1, 0.15) is 12.8 Å². The van der Waals surface area contributed by atoms with Crippen LogP contribution < -0.4 is 10.6 Å². The van der Waals surface area contributed by atoms with E-state index in [-0.39, 0.29) is 35.5 Å². The number of amides is 4. The predicted octanol–water partition coefficient (Wildman–Crippen LogP) is 1.45. The fraction of sp³-hybridized carbons (Fsp3) is 0.520. The second-order valence-electron chi connectivity index (χ2n) is 9.39. The largest absolute Gasteiger partial charge is 0.352 e. The van der Waals surface area contributed by atoms with Gasteiger partial charge in [0.1, 0.15) is 0 Å². The molecule has 0 aliphatic heterocycles. The maximum absolute atomic E-state index is 13.3. The fourth-order valence-corrected chi connectivity index (χ4v) is 6.17. The van der Waals surface area contributed by atoms with Gasteiger partial charge in [0.25, 0.3) is 0 Å². The standard InChI is InChI=1S/C25H31N3O4/c1-4-10-26-22(29)18-14-6-7-15(12-14)19(18)23(30)27-24(31)20-16-8-9-17(13-16)21(20)25(32)28(3)11-5-2/h4-9,14-21H,1-2,10-13H2,3H3,(H,26,29)(H,27,30,31). The summed E-state index contributed by atoms with van der Waals surface area (Å²) in [5.41, 5.74) is 0. The Balaban J connectivity index is 1.48. The van der Waals surface area contributed by atoms with Crippen LogP contribution in [-0.4, -0.2) is 48.7 Å². The van der Waals surface area contributed by atoms with Crippen molar-refractivity contribution in [3.63, 3.8) is 0 Å². The molecule has 0 aromatic carbocycles. The Bertz CT molecular complexity index is 907. The lowest BCUT2D eigenvalue weighted by atomic mass is 9.80. The monoisotopic (exact) mass is 437 g/mol. The minimum Gasteiger partial charge on any atom is -0.352 e. The van der Waals surface area contributed by atoms with Crippen LogP contribution in [0.5, 0.6) is 0 Å².